The average molecular weight is 486 g/mol. The smallest absolute Gasteiger partial charge is 0.349 e. The number of para-hydroxylation sites is 1. The van der Waals surface area contributed by atoms with E-state index >= 15 is 0 Å². The molecule has 0 atom stereocenters. The van der Waals surface area contributed by atoms with Crippen LogP contribution in [0.5, 0.6) is 0 Å². The molecule has 1 aliphatic rings. The number of carbonyl (C=O) groups excluding carboxylic acids is 1. The first-order valence-electron chi connectivity index (χ1n) is 11.6. The molecular formula is C27H23N3O4S. The second-order valence-electron chi connectivity index (χ2n) is 8.52. The normalized spacial score (nSPS) is 14.6. The minimum absolute atomic E-state index is 0.00934. The molecule has 1 aliphatic heterocycles. The Morgan fingerprint density at radius 2 is 1.80 bits per heavy atom. The van der Waals surface area contributed by atoms with Crippen molar-refractivity contribution in [3.63, 3.8) is 0 Å². The van der Waals surface area contributed by atoms with Crippen molar-refractivity contribution in [3.05, 3.63) is 82.7 Å². The molecule has 6 rings (SSSR count). The zero-order valence-corrected chi connectivity index (χ0v) is 19.8. The third kappa shape index (κ3) is 4.20. The molecule has 35 heavy (non-hydrogen) atoms. The fraction of sp³-hybridized carbons (Fsp3) is 0.222. The average Bonchev–Trinajstić information content (AvgIpc) is 3.32. The van der Waals surface area contributed by atoms with Gasteiger partial charge in [-0.05, 0) is 35.0 Å². The van der Waals surface area contributed by atoms with E-state index < -0.39 is 11.5 Å². The standard InChI is InChI=1S/C27H23N3O4S/c31-25(21-17-20-19-6-2-1-5-18(19)9-10-23(20)34-26(21)32)30(12-11-29-13-15-33-16-14-29)27-28-22-7-3-4-8-24(22)35-27/h1-10,17H,11-16H2. The summed E-state index contributed by atoms with van der Waals surface area (Å²) >= 11 is 1.45. The zero-order valence-electron chi connectivity index (χ0n) is 19.0. The van der Waals surface area contributed by atoms with Gasteiger partial charge in [-0.1, -0.05) is 53.8 Å². The highest BCUT2D eigenvalue weighted by Gasteiger charge is 2.26. The van der Waals surface area contributed by atoms with Crippen molar-refractivity contribution in [1.82, 2.24) is 9.88 Å². The third-order valence-electron chi connectivity index (χ3n) is 6.37. The number of nitrogens with zero attached hydrogens (tertiary/aromatic N) is 3. The Balaban J connectivity index is 1.42. The number of amides is 1. The molecule has 3 heterocycles. The lowest BCUT2D eigenvalue weighted by Crippen LogP contribution is -2.44. The molecule has 0 unspecified atom stereocenters. The summed E-state index contributed by atoms with van der Waals surface area (Å²) in [6.45, 7) is 4.04. The van der Waals surface area contributed by atoms with Crippen LogP contribution in [-0.2, 0) is 4.74 Å². The van der Waals surface area contributed by atoms with Crippen LogP contribution in [0, 0.1) is 0 Å². The van der Waals surface area contributed by atoms with Gasteiger partial charge in [0.2, 0.25) is 0 Å². The zero-order chi connectivity index (χ0) is 23.8. The number of benzene rings is 3. The molecule has 7 nitrogen and oxygen atoms in total. The second-order valence-corrected chi connectivity index (χ2v) is 9.53. The number of carbonyl (C=O) groups is 1. The highest BCUT2D eigenvalue weighted by atomic mass is 32.1. The maximum Gasteiger partial charge on any atom is 0.349 e. The van der Waals surface area contributed by atoms with Gasteiger partial charge in [0, 0.05) is 31.6 Å². The number of thiazole rings is 1. The van der Waals surface area contributed by atoms with Crippen LogP contribution in [0.15, 0.2) is 75.9 Å². The Hall–Kier alpha value is -3.59. The van der Waals surface area contributed by atoms with Gasteiger partial charge in [-0.2, -0.15) is 0 Å². The van der Waals surface area contributed by atoms with Crippen molar-refractivity contribution in [2.24, 2.45) is 0 Å². The number of hydrogen-bond donors (Lipinski definition) is 0. The van der Waals surface area contributed by atoms with E-state index in [4.69, 9.17) is 14.1 Å². The maximum atomic E-state index is 13.9. The number of fused-ring (bicyclic) bond motifs is 4. The second kappa shape index (κ2) is 9.22. The fourth-order valence-electron chi connectivity index (χ4n) is 4.49. The van der Waals surface area contributed by atoms with Gasteiger partial charge in [-0.25, -0.2) is 9.78 Å². The van der Waals surface area contributed by atoms with Gasteiger partial charge in [0.05, 0.1) is 23.4 Å². The van der Waals surface area contributed by atoms with Crippen LogP contribution in [0.2, 0.25) is 0 Å². The first-order valence-corrected chi connectivity index (χ1v) is 12.4. The lowest BCUT2D eigenvalue weighted by Gasteiger charge is -2.29. The Kier molecular flexibility index (Phi) is 5.77. The lowest BCUT2D eigenvalue weighted by molar-refractivity contribution is 0.0391. The predicted molar refractivity (Wildman–Crippen MR) is 139 cm³/mol. The highest BCUT2D eigenvalue weighted by molar-refractivity contribution is 7.22. The Bertz CT molecular complexity index is 1570. The van der Waals surface area contributed by atoms with Crippen molar-refractivity contribution < 1.29 is 13.9 Å². The summed E-state index contributed by atoms with van der Waals surface area (Å²) in [5, 5.41) is 3.26. The van der Waals surface area contributed by atoms with Gasteiger partial charge in [-0.3, -0.25) is 14.6 Å². The van der Waals surface area contributed by atoms with Gasteiger partial charge in [0.25, 0.3) is 5.91 Å². The van der Waals surface area contributed by atoms with E-state index in [0.29, 0.717) is 37.0 Å². The molecule has 0 spiro atoms. The van der Waals surface area contributed by atoms with Crippen molar-refractivity contribution in [1.29, 1.82) is 0 Å². The molecule has 0 aliphatic carbocycles. The van der Waals surface area contributed by atoms with Gasteiger partial charge in [0.15, 0.2) is 5.13 Å². The molecule has 1 saturated heterocycles. The van der Waals surface area contributed by atoms with E-state index in [1.807, 2.05) is 54.6 Å². The number of aromatic nitrogens is 1. The van der Waals surface area contributed by atoms with Crippen LogP contribution in [0.1, 0.15) is 10.4 Å². The number of hydrogen-bond acceptors (Lipinski definition) is 7. The first-order chi connectivity index (χ1) is 17.2. The molecular weight excluding hydrogens is 462 g/mol. The van der Waals surface area contributed by atoms with Crippen molar-refractivity contribution >= 4 is 54.3 Å². The molecule has 2 aromatic heterocycles. The van der Waals surface area contributed by atoms with Crippen LogP contribution in [-0.4, -0.2) is 55.2 Å². The van der Waals surface area contributed by atoms with Gasteiger partial charge < -0.3 is 9.15 Å². The van der Waals surface area contributed by atoms with Gasteiger partial charge >= 0.3 is 5.63 Å². The number of ether oxygens (including phenoxy) is 1. The van der Waals surface area contributed by atoms with E-state index in [1.165, 1.54) is 11.3 Å². The van der Waals surface area contributed by atoms with E-state index in [9.17, 15) is 9.59 Å². The molecule has 3 aromatic carbocycles. The Morgan fingerprint density at radius 1 is 1.00 bits per heavy atom. The lowest BCUT2D eigenvalue weighted by atomic mass is 10.0. The molecule has 1 amide bonds. The van der Waals surface area contributed by atoms with Crippen LogP contribution < -0.4 is 10.5 Å². The minimum atomic E-state index is -0.643. The molecule has 5 aromatic rings. The fourth-order valence-corrected chi connectivity index (χ4v) is 5.48. The molecule has 0 saturated carbocycles. The quantitative estimate of drug-likeness (QED) is 0.269. The first kappa shape index (κ1) is 21.9. The van der Waals surface area contributed by atoms with E-state index in [-0.39, 0.29) is 5.56 Å². The summed E-state index contributed by atoms with van der Waals surface area (Å²) in [5.41, 5.74) is 0.656. The topological polar surface area (TPSA) is 75.9 Å². The minimum Gasteiger partial charge on any atom is -0.422 e. The van der Waals surface area contributed by atoms with Crippen LogP contribution in [0.4, 0.5) is 5.13 Å². The molecule has 0 radical (unpaired) electrons. The number of rotatable bonds is 5. The summed E-state index contributed by atoms with van der Waals surface area (Å²) in [4.78, 5) is 35.4. The van der Waals surface area contributed by atoms with Gasteiger partial charge in [0.1, 0.15) is 11.1 Å². The Labute approximate surface area is 205 Å². The van der Waals surface area contributed by atoms with Crippen LogP contribution in [0.25, 0.3) is 32.0 Å². The van der Waals surface area contributed by atoms with E-state index in [2.05, 4.69) is 4.90 Å². The summed E-state index contributed by atoms with van der Waals surface area (Å²) in [6.07, 6.45) is 0. The molecule has 0 N–H and O–H groups in total. The SMILES string of the molecule is O=C(c1cc2c(ccc3ccccc32)oc1=O)N(CCN1CCOCC1)c1nc2ccccc2s1. The van der Waals surface area contributed by atoms with Crippen LogP contribution in [0.3, 0.4) is 0 Å². The highest BCUT2D eigenvalue weighted by Crippen LogP contribution is 2.30. The molecule has 1 fully saturated rings. The van der Waals surface area contributed by atoms with Crippen molar-refractivity contribution in [2.75, 3.05) is 44.3 Å². The summed E-state index contributed by atoms with van der Waals surface area (Å²) in [5.74, 6) is -0.402. The maximum absolute atomic E-state index is 13.9. The Morgan fingerprint density at radius 3 is 2.66 bits per heavy atom. The van der Waals surface area contributed by atoms with E-state index in [0.717, 1.165) is 39.5 Å². The summed E-state index contributed by atoms with van der Waals surface area (Å²) in [6, 6.07) is 21.0. The van der Waals surface area contributed by atoms with Crippen molar-refractivity contribution in [2.45, 2.75) is 0 Å². The van der Waals surface area contributed by atoms with E-state index in [1.54, 1.807) is 17.0 Å². The molecule has 8 heteroatoms. The largest absolute Gasteiger partial charge is 0.422 e. The summed E-state index contributed by atoms with van der Waals surface area (Å²) < 4.78 is 12.1. The summed E-state index contributed by atoms with van der Waals surface area (Å²) in [7, 11) is 0. The third-order valence-corrected chi connectivity index (χ3v) is 7.43. The number of morpholine rings is 1. The van der Waals surface area contributed by atoms with Gasteiger partial charge in [-0.15, -0.1) is 0 Å². The molecule has 0 bridgehead atoms. The van der Waals surface area contributed by atoms with Crippen molar-refractivity contribution in [3.8, 4) is 0 Å². The molecule has 176 valence electrons. The monoisotopic (exact) mass is 485 g/mol. The predicted octanol–water partition coefficient (Wildman–Crippen LogP) is 4.53. The van der Waals surface area contributed by atoms with Crippen LogP contribution >= 0.6 is 11.3 Å². The number of anilines is 1.